The van der Waals surface area contributed by atoms with Crippen LogP contribution in [0.4, 0.5) is 9.18 Å². The first kappa shape index (κ1) is 21.8. The minimum atomic E-state index is -4.11. The van der Waals surface area contributed by atoms with Gasteiger partial charge in [0.15, 0.2) is 5.72 Å². The molecule has 0 atom stereocenters. The van der Waals surface area contributed by atoms with E-state index < -0.39 is 27.7 Å². The van der Waals surface area contributed by atoms with Crippen LogP contribution in [0, 0.1) is 5.82 Å². The normalized spacial score (nSPS) is 14.4. The molecule has 0 fully saturated rings. The third-order valence-electron chi connectivity index (χ3n) is 4.95. The topological polar surface area (TPSA) is 114 Å². The summed E-state index contributed by atoms with van der Waals surface area (Å²) in [5.74, 6) is 0.352. The Kier molecular flexibility index (Phi) is 5.83. The first-order valence-corrected chi connectivity index (χ1v) is 11.0. The molecule has 166 valence electrons. The summed E-state index contributed by atoms with van der Waals surface area (Å²) in [6, 6.07) is 18.2. The molecule has 3 aromatic rings. The van der Waals surface area contributed by atoms with Gasteiger partial charge < -0.3 is 9.47 Å². The summed E-state index contributed by atoms with van der Waals surface area (Å²) in [5.41, 5.74) is 1.41. The SMILES string of the molecule is O=C(NO)OC1(NS(=O)(=O)c2ccc(Oc3ccc(F)cc3)cc2)Cc2ccccc2C1. The number of sulfonamides is 1. The second-order valence-corrected chi connectivity index (χ2v) is 8.93. The zero-order valence-corrected chi connectivity index (χ0v) is 17.4. The molecule has 0 bridgehead atoms. The maximum absolute atomic E-state index is 13.1. The van der Waals surface area contributed by atoms with E-state index in [0.29, 0.717) is 11.5 Å². The molecule has 0 spiro atoms. The smallest absolute Gasteiger partial charge is 0.432 e. The lowest BCUT2D eigenvalue weighted by Crippen LogP contribution is -2.53. The van der Waals surface area contributed by atoms with Gasteiger partial charge in [0.1, 0.15) is 17.3 Å². The van der Waals surface area contributed by atoms with Gasteiger partial charge in [-0.25, -0.2) is 23.1 Å². The highest BCUT2D eigenvalue weighted by atomic mass is 32.2. The van der Waals surface area contributed by atoms with E-state index in [1.807, 2.05) is 12.1 Å². The molecule has 8 nitrogen and oxygen atoms in total. The van der Waals surface area contributed by atoms with Crippen LogP contribution in [0.2, 0.25) is 0 Å². The number of nitrogens with one attached hydrogen (secondary N) is 2. The van der Waals surface area contributed by atoms with Crippen molar-refractivity contribution < 1.29 is 32.3 Å². The third-order valence-corrected chi connectivity index (χ3v) is 6.49. The number of amides is 1. The molecule has 32 heavy (non-hydrogen) atoms. The van der Waals surface area contributed by atoms with Gasteiger partial charge >= 0.3 is 6.09 Å². The maximum Gasteiger partial charge on any atom is 0.432 e. The Labute approximate surface area is 183 Å². The predicted octanol–water partition coefficient (Wildman–Crippen LogP) is 3.51. The quantitative estimate of drug-likeness (QED) is 0.296. The fraction of sp³-hybridized carbons (Fsp3) is 0.136. The highest BCUT2D eigenvalue weighted by Crippen LogP contribution is 2.33. The molecule has 0 unspecified atom stereocenters. The standard InChI is InChI=1S/C22H19FN2O6S/c23-17-5-7-18(8-6-17)30-19-9-11-20(12-10-19)32(28,29)25-22(31-21(26)24-27)13-15-3-1-2-4-16(15)14-22/h1-12,25,27H,13-14H2,(H,24,26). The average Bonchev–Trinajstić information content (AvgIpc) is 3.12. The molecule has 1 aliphatic carbocycles. The van der Waals surface area contributed by atoms with E-state index in [9.17, 15) is 17.6 Å². The van der Waals surface area contributed by atoms with Gasteiger partial charge in [0.05, 0.1) is 4.90 Å². The fourth-order valence-corrected chi connectivity index (χ4v) is 4.86. The van der Waals surface area contributed by atoms with Crippen LogP contribution in [0.1, 0.15) is 11.1 Å². The van der Waals surface area contributed by atoms with E-state index in [1.54, 1.807) is 12.1 Å². The van der Waals surface area contributed by atoms with Gasteiger partial charge in [-0.15, -0.1) is 0 Å². The molecule has 0 aliphatic heterocycles. The molecule has 10 heteroatoms. The van der Waals surface area contributed by atoms with Crippen molar-refractivity contribution in [3.63, 3.8) is 0 Å². The Hall–Kier alpha value is -3.47. The average molecular weight is 458 g/mol. The minimum Gasteiger partial charge on any atom is -0.457 e. The third kappa shape index (κ3) is 4.72. The lowest BCUT2D eigenvalue weighted by molar-refractivity contribution is -0.0108. The first-order chi connectivity index (χ1) is 15.3. The number of rotatable bonds is 6. The van der Waals surface area contributed by atoms with Crippen molar-refractivity contribution in [1.29, 1.82) is 0 Å². The molecule has 3 N–H and O–H groups in total. The van der Waals surface area contributed by atoms with Gasteiger partial charge in [-0.05, 0) is 59.7 Å². The van der Waals surface area contributed by atoms with Crippen LogP contribution in [0.3, 0.4) is 0 Å². The Balaban J connectivity index is 1.55. The van der Waals surface area contributed by atoms with Gasteiger partial charge in [0, 0.05) is 12.8 Å². The number of halogens is 1. The molecule has 0 saturated carbocycles. The molecule has 0 aromatic heterocycles. The summed E-state index contributed by atoms with van der Waals surface area (Å²) in [4.78, 5) is 11.7. The summed E-state index contributed by atoms with van der Waals surface area (Å²) in [7, 11) is -4.11. The number of ether oxygens (including phenoxy) is 2. The van der Waals surface area contributed by atoms with Gasteiger partial charge in [-0.2, -0.15) is 4.72 Å². The van der Waals surface area contributed by atoms with Gasteiger partial charge in [-0.1, -0.05) is 24.3 Å². The van der Waals surface area contributed by atoms with Crippen molar-refractivity contribution in [1.82, 2.24) is 10.2 Å². The summed E-state index contributed by atoms with van der Waals surface area (Å²) in [5, 5.41) is 8.87. The molecule has 0 saturated heterocycles. The van der Waals surface area contributed by atoms with Gasteiger partial charge in [-0.3, -0.25) is 5.21 Å². The van der Waals surface area contributed by atoms with Gasteiger partial charge in [0.25, 0.3) is 0 Å². The van der Waals surface area contributed by atoms with E-state index >= 15 is 0 Å². The van der Waals surface area contributed by atoms with Crippen LogP contribution < -0.4 is 14.9 Å². The summed E-state index contributed by atoms with van der Waals surface area (Å²) < 4.78 is 52.4. The van der Waals surface area contributed by atoms with E-state index in [1.165, 1.54) is 54.0 Å². The second kappa shape index (κ2) is 8.58. The lowest BCUT2D eigenvalue weighted by Gasteiger charge is -2.29. The molecular weight excluding hydrogens is 439 g/mol. The largest absolute Gasteiger partial charge is 0.457 e. The highest BCUT2D eigenvalue weighted by molar-refractivity contribution is 7.89. The molecule has 3 aromatic carbocycles. The zero-order chi connectivity index (χ0) is 22.8. The Morgan fingerprint density at radius 2 is 1.44 bits per heavy atom. The minimum absolute atomic E-state index is 0.0766. The number of hydroxylamine groups is 1. The van der Waals surface area contributed by atoms with Gasteiger partial charge in [0.2, 0.25) is 10.0 Å². The van der Waals surface area contributed by atoms with Crippen molar-refractivity contribution in [2.45, 2.75) is 23.5 Å². The van der Waals surface area contributed by atoms with Crippen LogP contribution >= 0.6 is 0 Å². The highest BCUT2D eigenvalue weighted by Gasteiger charge is 2.44. The predicted molar refractivity (Wildman–Crippen MR) is 111 cm³/mol. The molecule has 1 aliphatic rings. The summed E-state index contributed by atoms with van der Waals surface area (Å²) >= 11 is 0. The van der Waals surface area contributed by atoms with Crippen molar-refractivity contribution in [3.05, 3.63) is 89.7 Å². The molecule has 4 rings (SSSR count). The van der Waals surface area contributed by atoms with Crippen LogP contribution in [0.15, 0.2) is 77.7 Å². The van der Waals surface area contributed by atoms with Crippen LogP contribution in [-0.2, 0) is 27.6 Å². The van der Waals surface area contributed by atoms with Crippen molar-refractivity contribution in [2.24, 2.45) is 0 Å². The van der Waals surface area contributed by atoms with E-state index in [2.05, 4.69) is 4.72 Å². The van der Waals surface area contributed by atoms with E-state index in [-0.39, 0.29) is 17.7 Å². The van der Waals surface area contributed by atoms with Crippen LogP contribution in [-0.4, -0.2) is 25.4 Å². The first-order valence-electron chi connectivity index (χ1n) is 9.56. The Bertz CT molecular complexity index is 1210. The summed E-state index contributed by atoms with van der Waals surface area (Å²) in [6.45, 7) is 0. The van der Waals surface area contributed by atoms with E-state index in [4.69, 9.17) is 14.7 Å². The summed E-state index contributed by atoms with van der Waals surface area (Å²) in [6.07, 6.45) is -0.980. The Morgan fingerprint density at radius 3 is 1.97 bits per heavy atom. The number of hydrogen-bond acceptors (Lipinski definition) is 6. The lowest BCUT2D eigenvalue weighted by atomic mass is 10.1. The van der Waals surface area contributed by atoms with Crippen molar-refractivity contribution >= 4 is 16.1 Å². The number of benzene rings is 3. The second-order valence-electron chi connectivity index (χ2n) is 7.25. The molecule has 1 amide bonds. The molecular formula is C22H19FN2O6S. The molecule has 0 radical (unpaired) electrons. The Morgan fingerprint density at radius 1 is 0.906 bits per heavy atom. The van der Waals surface area contributed by atoms with E-state index in [0.717, 1.165) is 11.1 Å². The van der Waals surface area contributed by atoms with Crippen LogP contribution in [0.25, 0.3) is 0 Å². The van der Waals surface area contributed by atoms with Crippen LogP contribution in [0.5, 0.6) is 11.5 Å². The molecule has 0 heterocycles. The number of carbonyl (C=O) groups excluding carboxylic acids is 1. The number of hydrogen-bond donors (Lipinski definition) is 3. The number of carbonyl (C=O) groups is 1. The zero-order valence-electron chi connectivity index (χ0n) is 16.6. The van der Waals surface area contributed by atoms with Crippen molar-refractivity contribution in [2.75, 3.05) is 0 Å². The fourth-order valence-electron chi connectivity index (χ4n) is 3.57. The monoisotopic (exact) mass is 458 g/mol. The van der Waals surface area contributed by atoms with Crippen molar-refractivity contribution in [3.8, 4) is 11.5 Å². The maximum atomic E-state index is 13.1. The number of fused-ring (bicyclic) bond motifs is 1.